The molecule has 0 bridgehead atoms. The molecule has 0 radical (unpaired) electrons. The van der Waals surface area contributed by atoms with Crippen molar-refractivity contribution in [1.29, 1.82) is 0 Å². The van der Waals surface area contributed by atoms with Crippen LogP contribution in [0.25, 0.3) is 11.2 Å². The minimum Gasteiger partial charge on any atom is -0.311 e. The molecular formula is C15H22N4S. The molecule has 4 nitrogen and oxygen atoms in total. The summed E-state index contributed by atoms with van der Waals surface area (Å²) in [7, 11) is 4.23. The van der Waals surface area contributed by atoms with Crippen molar-refractivity contribution in [3.05, 3.63) is 24.2 Å². The van der Waals surface area contributed by atoms with Gasteiger partial charge in [0.1, 0.15) is 11.3 Å². The van der Waals surface area contributed by atoms with Crippen molar-refractivity contribution >= 4 is 22.9 Å². The minimum absolute atomic E-state index is 0.588. The molecule has 0 saturated carbocycles. The van der Waals surface area contributed by atoms with Gasteiger partial charge >= 0.3 is 0 Å². The Morgan fingerprint density at radius 2 is 2.35 bits per heavy atom. The zero-order valence-electron chi connectivity index (χ0n) is 12.2. The number of hydrogen-bond donors (Lipinski definition) is 0. The standard InChI is InChI=1S/C15H22N4S/c1-18(2)8-9-19-14(12-5-4-10-20-11-12)17-13-6-3-7-16-15(13)19/h3,6-7,12H,4-5,8-11H2,1-2H3. The number of likely N-dealkylation sites (N-methyl/N-ethyl adjacent to an activating group) is 1. The van der Waals surface area contributed by atoms with E-state index in [1.807, 2.05) is 12.3 Å². The van der Waals surface area contributed by atoms with Gasteiger partial charge in [-0.05, 0) is 44.8 Å². The molecule has 3 heterocycles. The molecule has 1 aliphatic rings. The summed E-state index contributed by atoms with van der Waals surface area (Å²) in [6.45, 7) is 1.99. The summed E-state index contributed by atoms with van der Waals surface area (Å²) >= 11 is 2.06. The van der Waals surface area contributed by atoms with Crippen LogP contribution >= 0.6 is 11.8 Å². The van der Waals surface area contributed by atoms with Gasteiger partial charge in [0.2, 0.25) is 0 Å². The second-order valence-corrected chi connectivity index (χ2v) is 6.83. The van der Waals surface area contributed by atoms with Crippen LogP contribution in [0.15, 0.2) is 18.3 Å². The molecule has 0 aliphatic carbocycles. The molecule has 108 valence electrons. The summed E-state index contributed by atoms with van der Waals surface area (Å²) in [6, 6.07) is 4.05. The molecule has 3 rings (SSSR count). The highest BCUT2D eigenvalue weighted by Crippen LogP contribution is 2.32. The number of aromatic nitrogens is 3. The number of imidazole rings is 1. The third-order valence-corrected chi connectivity index (χ3v) is 5.04. The van der Waals surface area contributed by atoms with Crippen LogP contribution in [0.5, 0.6) is 0 Å². The third-order valence-electron chi connectivity index (χ3n) is 3.83. The third kappa shape index (κ3) is 2.83. The first kappa shape index (κ1) is 13.9. The van der Waals surface area contributed by atoms with Gasteiger partial charge < -0.3 is 9.47 Å². The summed E-state index contributed by atoms with van der Waals surface area (Å²) in [4.78, 5) is 11.6. The largest absolute Gasteiger partial charge is 0.311 e. The molecule has 1 atom stereocenters. The van der Waals surface area contributed by atoms with E-state index in [9.17, 15) is 0 Å². The fourth-order valence-corrected chi connectivity index (χ4v) is 3.89. The Morgan fingerprint density at radius 1 is 1.45 bits per heavy atom. The van der Waals surface area contributed by atoms with E-state index >= 15 is 0 Å². The Balaban J connectivity index is 1.97. The molecule has 1 saturated heterocycles. The highest BCUT2D eigenvalue weighted by Gasteiger charge is 2.23. The van der Waals surface area contributed by atoms with Crippen LogP contribution in [-0.2, 0) is 6.54 Å². The number of thioether (sulfide) groups is 1. The van der Waals surface area contributed by atoms with Crippen LogP contribution in [0.4, 0.5) is 0 Å². The fourth-order valence-electron chi connectivity index (χ4n) is 2.75. The average Bonchev–Trinajstić information content (AvgIpc) is 2.84. The molecule has 2 aromatic heterocycles. The molecule has 1 aliphatic heterocycles. The maximum Gasteiger partial charge on any atom is 0.160 e. The summed E-state index contributed by atoms with van der Waals surface area (Å²) in [6.07, 6.45) is 4.44. The molecule has 20 heavy (non-hydrogen) atoms. The lowest BCUT2D eigenvalue weighted by Crippen LogP contribution is -2.22. The minimum atomic E-state index is 0.588. The number of fused-ring (bicyclic) bond motifs is 1. The predicted molar refractivity (Wildman–Crippen MR) is 85.4 cm³/mol. The molecule has 1 fully saturated rings. The highest BCUT2D eigenvalue weighted by molar-refractivity contribution is 7.99. The Labute approximate surface area is 124 Å². The van der Waals surface area contributed by atoms with E-state index in [1.165, 1.54) is 30.2 Å². The van der Waals surface area contributed by atoms with Gasteiger partial charge in [-0.25, -0.2) is 9.97 Å². The Kier molecular flexibility index (Phi) is 4.27. The lowest BCUT2D eigenvalue weighted by atomic mass is 10.0. The molecule has 0 N–H and O–H groups in total. The first-order valence-corrected chi connectivity index (χ1v) is 8.45. The van der Waals surface area contributed by atoms with Crippen LogP contribution in [0.2, 0.25) is 0 Å². The van der Waals surface area contributed by atoms with E-state index < -0.39 is 0 Å². The van der Waals surface area contributed by atoms with Crippen LogP contribution in [0, 0.1) is 0 Å². The predicted octanol–water partition coefficient (Wildman–Crippen LogP) is 2.60. The van der Waals surface area contributed by atoms with Gasteiger partial charge in [-0.3, -0.25) is 0 Å². The van der Waals surface area contributed by atoms with E-state index in [2.05, 4.69) is 46.4 Å². The summed E-state index contributed by atoms with van der Waals surface area (Å²) in [5.74, 6) is 4.33. The van der Waals surface area contributed by atoms with Crippen LogP contribution in [-0.4, -0.2) is 51.6 Å². The molecule has 0 amide bonds. The topological polar surface area (TPSA) is 34.0 Å². The van der Waals surface area contributed by atoms with Crippen LogP contribution in [0.3, 0.4) is 0 Å². The average molecular weight is 290 g/mol. The SMILES string of the molecule is CN(C)CCn1c(C2CCCSC2)nc2cccnc21. The Hall–Kier alpha value is -1.07. The zero-order valence-corrected chi connectivity index (χ0v) is 13.1. The van der Waals surface area contributed by atoms with Crippen molar-refractivity contribution < 1.29 is 0 Å². The number of hydrogen-bond acceptors (Lipinski definition) is 4. The lowest BCUT2D eigenvalue weighted by Gasteiger charge is -2.22. The summed E-state index contributed by atoms with van der Waals surface area (Å²) < 4.78 is 2.34. The monoisotopic (exact) mass is 290 g/mol. The van der Waals surface area contributed by atoms with Gasteiger partial charge in [-0.2, -0.15) is 11.8 Å². The smallest absolute Gasteiger partial charge is 0.160 e. The van der Waals surface area contributed by atoms with Crippen molar-refractivity contribution in [2.75, 3.05) is 32.1 Å². The Bertz CT molecular complexity index is 572. The summed E-state index contributed by atoms with van der Waals surface area (Å²) in [5, 5.41) is 0. The van der Waals surface area contributed by atoms with E-state index in [-0.39, 0.29) is 0 Å². The van der Waals surface area contributed by atoms with Crippen molar-refractivity contribution in [3.8, 4) is 0 Å². The van der Waals surface area contributed by atoms with E-state index in [1.54, 1.807) is 0 Å². The fraction of sp³-hybridized carbons (Fsp3) is 0.600. The molecule has 0 aromatic carbocycles. The van der Waals surface area contributed by atoms with Gasteiger partial charge in [0.25, 0.3) is 0 Å². The van der Waals surface area contributed by atoms with Gasteiger partial charge in [0, 0.05) is 31.0 Å². The van der Waals surface area contributed by atoms with E-state index in [0.717, 1.165) is 24.3 Å². The number of rotatable bonds is 4. The molecule has 1 unspecified atom stereocenters. The summed E-state index contributed by atoms with van der Waals surface area (Å²) in [5.41, 5.74) is 2.08. The number of pyridine rings is 1. The van der Waals surface area contributed by atoms with Crippen LogP contribution < -0.4 is 0 Å². The van der Waals surface area contributed by atoms with Crippen molar-refractivity contribution in [3.63, 3.8) is 0 Å². The van der Waals surface area contributed by atoms with Crippen molar-refractivity contribution in [2.45, 2.75) is 25.3 Å². The maximum atomic E-state index is 4.88. The van der Waals surface area contributed by atoms with Crippen LogP contribution in [0.1, 0.15) is 24.6 Å². The first-order valence-electron chi connectivity index (χ1n) is 7.29. The second-order valence-electron chi connectivity index (χ2n) is 5.69. The lowest BCUT2D eigenvalue weighted by molar-refractivity contribution is 0.380. The van der Waals surface area contributed by atoms with Gasteiger partial charge in [-0.15, -0.1) is 0 Å². The first-order chi connectivity index (χ1) is 9.75. The molecular weight excluding hydrogens is 268 g/mol. The van der Waals surface area contributed by atoms with Gasteiger partial charge in [-0.1, -0.05) is 0 Å². The van der Waals surface area contributed by atoms with Crippen molar-refractivity contribution in [2.24, 2.45) is 0 Å². The van der Waals surface area contributed by atoms with Gasteiger partial charge in [0.15, 0.2) is 5.65 Å². The van der Waals surface area contributed by atoms with E-state index in [4.69, 9.17) is 4.98 Å². The van der Waals surface area contributed by atoms with Crippen molar-refractivity contribution in [1.82, 2.24) is 19.4 Å². The normalized spacial score (nSPS) is 19.9. The zero-order chi connectivity index (χ0) is 13.9. The number of nitrogens with zero attached hydrogens (tertiary/aromatic N) is 4. The molecule has 5 heteroatoms. The second kappa shape index (κ2) is 6.14. The molecule has 0 spiro atoms. The maximum absolute atomic E-state index is 4.88. The highest BCUT2D eigenvalue weighted by atomic mass is 32.2. The van der Waals surface area contributed by atoms with Gasteiger partial charge in [0.05, 0.1) is 0 Å². The van der Waals surface area contributed by atoms with E-state index in [0.29, 0.717) is 5.92 Å². The Morgan fingerprint density at radius 3 is 3.10 bits per heavy atom. The quantitative estimate of drug-likeness (QED) is 0.867. The molecule has 2 aromatic rings.